The number of nitrogens with one attached hydrogen (secondary N) is 2. The zero-order valence-corrected chi connectivity index (χ0v) is 10.3. The van der Waals surface area contributed by atoms with Crippen molar-refractivity contribution in [2.24, 2.45) is 0 Å². The fourth-order valence-electron chi connectivity index (χ4n) is 1.40. The maximum atomic E-state index is 11.9. The van der Waals surface area contributed by atoms with Crippen LogP contribution in [0.4, 0.5) is 5.95 Å². The van der Waals surface area contributed by atoms with Crippen LogP contribution in [0.5, 0.6) is 17.5 Å². The van der Waals surface area contributed by atoms with E-state index in [2.05, 4.69) is 20.5 Å². The van der Waals surface area contributed by atoms with Gasteiger partial charge >= 0.3 is 6.01 Å². The monoisotopic (exact) mass is 264 g/mol. The molecule has 8 heteroatoms. The first-order valence-corrected chi connectivity index (χ1v) is 5.28. The topological polar surface area (TPSA) is 109 Å². The molecule has 1 aromatic heterocycles. The number of aromatic hydroxyl groups is 1. The van der Waals surface area contributed by atoms with Gasteiger partial charge in [0, 0.05) is 5.56 Å². The van der Waals surface area contributed by atoms with Gasteiger partial charge in [0.25, 0.3) is 5.91 Å². The summed E-state index contributed by atoms with van der Waals surface area (Å²) >= 11 is 0. The predicted molar refractivity (Wildman–Crippen MR) is 65.5 cm³/mol. The van der Waals surface area contributed by atoms with E-state index in [0.29, 0.717) is 0 Å². The number of methoxy groups -OCH3 is 2. The number of benzene rings is 1. The van der Waals surface area contributed by atoms with Gasteiger partial charge in [-0.1, -0.05) is 0 Å². The number of anilines is 1. The average Bonchev–Trinajstić information content (AvgIpc) is 2.86. The van der Waals surface area contributed by atoms with E-state index in [0.717, 1.165) is 0 Å². The second-order valence-corrected chi connectivity index (χ2v) is 3.51. The molecule has 0 fully saturated rings. The molecule has 2 aromatic rings. The van der Waals surface area contributed by atoms with Gasteiger partial charge in [0.1, 0.15) is 0 Å². The molecule has 0 atom stereocenters. The number of nitrogens with zero attached hydrogens (tertiary/aromatic N) is 2. The molecule has 3 N–H and O–H groups in total. The van der Waals surface area contributed by atoms with Crippen LogP contribution in [0.3, 0.4) is 0 Å². The van der Waals surface area contributed by atoms with Crippen molar-refractivity contribution in [3.8, 4) is 17.5 Å². The Morgan fingerprint density at radius 1 is 1.37 bits per heavy atom. The first kappa shape index (κ1) is 12.7. The first-order chi connectivity index (χ1) is 9.13. The van der Waals surface area contributed by atoms with E-state index in [4.69, 9.17) is 9.47 Å². The highest BCUT2D eigenvalue weighted by atomic mass is 16.5. The molecule has 0 aliphatic rings. The van der Waals surface area contributed by atoms with E-state index in [1.807, 2.05) is 0 Å². The van der Waals surface area contributed by atoms with Gasteiger partial charge < -0.3 is 14.6 Å². The maximum absolute atomic E-state index is 11.9. The second kappa shape index (κ2) is 5.25. The summed E-state index contributed by atoms with van der Waals surface area (Å²) in [5, 5.41) is 18.2. The van der Waals surface area contributed by atoms with Crippen LogP contribution < -0.4 is 14.8 Å². The van der Waals surface area contributed by atoms with Gasteiger partial charge in [0.05, 0.1) is 14.2 Å². The summed E-state index contributed by atoms with van der Waals surface area (Å²) in [6, 6.07) is 4.42. The van der Waals surface area contributed by atoms with Crippen LogP contribution in [-0.4, -0.2) is 40.4 Å². The Bertz CT molecular complexity index is 596. The maximum Gasteiger partial charge on any atom is 0.336 e. The molecular formula is C11H12N4O4. The number of carbonyl (C=O) groups is 1. The molecule has 0 saturated carbocycles. The molecule has 1 aromatic carbocycles. The van der Waals surface area contributed by atoms with Crippen molar-refractivity contribution in [1.29, 1.82) is 0 Å². The number of hydrogen-bond acceptors (Lipinski definition) is 6. The Kier molecular flexibility index (Phi) is 3.51. The summed E-state index contributed by atoms with van der Waals surface area (Å²) in [5.41, 5.74) is 0.258. The van der Waals surface area contributed by atoms with Crippen molar-refractivity contribution in [1.82, 2.24) is 15.2 Å². The Morgan fingerprint density at radius 2 is 2.16 bits per heavy atom. The van der Waals surface area contributed by atoms with Crippen LogP contribution in [0.1, 0.15) is 10.4 Å². The molecule has 0 aliphatic heterocycles. The number of phenolic OH excluding ortho intramolecular Hbond substituents is 1. The standard InChI is InChI=1S/C11H12N4O4/c1-18-8-4-3-6(5-7(8)16)9(17)12-10-13-11(19-2)15-14-10/h3-5,16H,1-2H3,(H2,12,13,14,15,17). The van der Waals surface area contributed by atoms with E-state index in [1.54, 1.807) is 0 Å². The summed E-state index contributed by atoms with van der Waals surface area (Å²) in [4.78, 5) is 15.7. The number of ether oxygens (including phenoxy) is 2. The molecule has 8 nitrogen and oxygen atoms in total. The molecule has 100 valence electrons. The van der Waals surface area contributed by atoms with E-state index in [-0.39, 0.29) is 29.0 Å². The van der Waals surface area contributed by atoms with Crippen LogP contribution in [0.15, 0.2) is 18.2 Å². The number of rotatable bonds is 4. The zero-order chi connectivity index (χ0) is 13.8. The highest BCUT2D eigenvalue weighted by Gasteiger charge is 2.12. The third-order valence-corrected chi connectivity index (χ3v) is 2.32. The van der Waals surface area contributed by atoms with Crippen LogP contribution in [0, 0.1) is 0 Å². The molecule has 1 amide bonds. The van der Waals surface area contributed by atoms with Crippen molar-refractivity contribution < 1.29 is 19.4 Å². The molecule has 2 rings (SSSR count). The molecule has 1 heterocycles. The number of aromatic nitrogens is 3. The molecule has 0 radical (unpaired) electrons. The lowest BCUT2D eigenvalue weighted by Gasteiger charge is -2.05. The summed E-state index contributed by atoms with van der Waals surface area (Å²) in [6.07, 6.45) is 0. The van der Waals surface area contributed by atoms with Crippen LogP contribution in [0.25, 0.3) is 0 Å². The lowest BCUT2D eigenvalue weighted by molar-refractivity contribution is 0.102. The SMILES string of the molecule is COc1n[nH]c(NC(=O)c2ccc(OC)c(O)c2)n1. The van der Waals surface area contributed by atoms with Gasteiger partial charge in [-0.15, -0.1) is 5.10 Å². The van der Waals surface area contributed by atoms with E-state index in [9.17, 15) is 9.90 Å². The lowest BCUT2D eigenvalue weighted by Crippen LogP contribution is -2.12. The highest BCUT2D eigenvalue weighted by Crippen LogP contribution is 2.26. The molecule has 0 spiro atoms. The molecule has 0 unspecified atom stereocenters. The fraction of sp³-hybridized carbons (Fsp3) is 0.182. The van der Waals surface area contributed by atoms with Crippen LogP contribution in [-0.2, 0) is 0 Å². The molecule has 0 bridgehead atoms. The third-order valence-electron chi connectivity index (χ3n) is 2.32. The number of carbonyl (C=O) groups excluding carboxylic acids is 1. The van der Waals surface area contributed by atoms with Crippen molar-refractivity contribution >= 4 is 11.9 Å². The van der Waals surface area contributed by atoms with E-state index >= 15 is 0 Å². The molecular weight excluding hydrogens is 252 g/mol. The van der Waals surface area contributed by atoms with Crippen molar-refractivity contribution in [3.05, 3.63) is 23.8 Å². The van der Waals surface area contributed by atoms with Gasteiger partial charge in [0.2, 0.25) is 5.95 Å². The minimum absolute atomic E-state index is 0.118. The van der Waals surface area contributed by atoms with Crippen molar-refractivity contribution in [2.45, 2.75) is 0 Å². The zero-order valence-electron chi connectivity index (χ0n) is 10.3. The predicted octanol–water partition coefficient (Wildman–Crippen LogP) is 0.780. The highest BCUT2D eigenvalue weighted by molar-refractivity contribution is 6.03. The van der Waals surface area contributed by atoms with Gasteiger partial charge in [-0.05, 0) is 18.2 Å². The largest absolute Gasteiger partial charge is 0.504 e. The van der Waals surface area contributed by atoms with E-state index in [1.165, 1.54) is 32.4 Å². The van der Waals surface area contributed by atoms with E-state index < -0.39 is 5.91 Å². The number of aromatic amines is 1. The number of hydrogen-bond donors (Lipinski definition) is 3. The fourth-order valence-corrected chi connectivity index (χ4v) is 1.40. The number of phenols is 1. The first-order valence-electron chi connectivity index (χ1n) is 5.28. The smallest absolute Gasteiger partial charge is 0.336 e. The molecule has 0 saturated heterocycles. The third kappa shape index (κ3) is 2.73. The van der Waals surface area contributed by atoms with Gasteiger partial charge in [-0.3, -0.25) is 10.1 Å². The Hall–Kier alpha value is -2.77. The molecule has 19 heavy (non-hydrogen) atoms. The van der Waals surface area contributed by atoms with Crippen LogP contribution >= 0.6 is 0 Å². The Balaban J connectivity index is 2.13. The molecule has 0 aliphatic carbocycles. The Morgan fingerprint density at radius 3 is 2.74 bits per heavy atom. The summed E-state index contributed by atoms with van der Waals surface area (Å²) < 4.78 is 9.66. The quantitative estimate of drug-likeness (QED) is 0.752. The van der Waals surface area contributed by atoms with Crippen molar-refractivity contribution in [3.63, 3.8) is 0 Å². The second-order valence-electron chi connectivity index (χ2n) is 3.51. The average molecular weight is 264 g/mol. The summed E-state index contributed by atoms with van der Waals surface area (Å²) in [6.45, 7) is 0. The number of H-pyrrole nitrogens is 1. The van der Waals surface area contributed by atoms with Crippen molar-refractivity contribution in [2.75, 3.05) is 19.5 Å². The summed E-state index contributed by atoms with van der Waals surface area (Å²) in [5.74, 6) is -0.128. The van der Waals surface area contributed by atoms with Gasteiger partial charge in [0.15, 0.2) is 11.5 Å². The van der Waals surface area contributed by atoms with Gasteiger partial charge in [-0.25, -0.2) is 5.10 Å². The minimum atomic E-state index is -0.447. The minimum Gasteiger partial charge on any atom is -0.504 e. The Labute approximate surface area is 108 Å². The van der Waals surface area contributed by atoms with Crippen LogP contribution in [0.2, 0.25) is 0 Å². The normalized spacial score (nSPS) is 10.0. The summed E-state index contributed by atoms with van der Waals surface area (Å²) in [7, 11) is 2.84. The lowest BCUT2D eigenvalue weighted by atomic mass is 10.2. The van der Waals surface area contributed by atoms with Gasteiger partial charge in [-0.2, -0.15) is 4.98 Å². The number of amides is 1.